The normalized spacial score (nSPS) is 12.0. The van der Waals surface area contributed by atoms with Crippen molar-refractivity contribution in [2.24, 2.45) is 0 Å². The molecule has 1 N–H and O–H groups in total. The van der Waals surface area contributed by atoms with Gasteiger partial charge in [0.25, 0.3) is 0 Å². The zero-order valence-corrected chi connectivity index (χ0v) is 13.4. The highest BCUT2D eigenvalue weighted by molar-refractivity contribution is 7.89. The van der Waals surface area contributed by atoms with E-state index in [1.54, 1.807) is 12.1 Å². The average molecular weight is 299 g/mol. The molecule has 0 atom stereocenters. The minimum Gasteiger partial charge on any atom is -0.379 e. The Morgan fingerprint density at radius 3 is 2.40 bits per heavy atom. The minimum atomic E-state index is -3.40. The Hall–Kier alpha value is -0.910. The van der Waals surface area contributed by atoms with Crippen LogP contribution in [0, 0.1) is 0 Å². The SMILES string of the molecule is CCCc1ccc(S(=O)(=O)NCCCOC(C)C)cc1. The van der Waals surface area contributed by atoms with E-state index in [1.807, 2.05) is 26.0 Å². The van der Waals surface area contributed by atoms with Crippen LogP contribution in [0.5, 0.6) is 0 Å². The molecule has 0 aliphatic carbocycles. The number of hydrogen-bond donors (Lipinski definition) is 1. The quantitative estimate of drug-likeness (QED) is 0.713. The molecular weight excluding hydrogens is 274 g/mol. The first kappa shape index (κ1) is 17.1. The standard InChI is InChI=1S/C15H25NO3S/c1-4-6-14-7-9-15(10-8-14)20(17,18)16-11-5-12-19-13(2)3/h7-10,13,16H,4-6,11-12H2,1-3H3. The molecule has 0 aliphatic rings. The van der Waals surface area contributed by atoms with Gasteiger partial charge in [-0.05, 0) is 44.4 Å². The Morgan fingerprint density at radius 2 is 1.85 bits per heavy atom. The predicted molar refractivity (Wildman–Crippen MR) is 81.3 cm³/mol. The second-order valence-corrected chi connectivity index (χ2v) is 6.83. The van der Waals surface area contributed by atoms with E-state index in [0.29, 0.717) is 24.5 Å². The maximum atomic E-state index is 12.0. The van der Waals surface area contributed by atoms with Crippen molar-refractivity contribution in [3.63, 3.8) is 0 Å². The van der Waals surface area contributed by atoms with Crippen molar-refractivity contribution < 1.29 is 13.2 Å². The highest BCUT2D eigenvalue weighted by Gasteiger charge is 2.12. The Morgan fingerprint density at radius 1 is 1.20 bits per heavy atom. The van der Waals surface area contributed by atoms with E-state index in [2.05, 4.69) is 11.6 Å². The third kappa shape index (κ3) is 6.03. The minimum absolute atomic E-state index is 0.178. The Bertz CT molecular complexity index is 480. The number of hydrogen-bond acceptors (Lipinski definition) is 3. The molecule has 4 nitrogen and oxygen atoms in total. The Balaban J connectivity index is 2.47. The van der Waals surface area contributed by atoms with Crippen molar-refractivity contribution in [1.29, 1.82) is 0 Å². The fourth-order valence-corrected chi connectivity index (χ4v) is 2.88. The summed E-state index contributed by atoms with van der Waals surface area (Å²) in [5.41, 5.74) is 1.16. The average Bonchev–Trinajstić information content (AvgIpc) is 2.39. The van der Waals surface area contributed by atoms with Gasteiger partial charge in [-0.2, -0.15) is 0 Å². The van der Waals surface area contributed by atoms with Gasteiger partial charge < -0.3 is 4.74 Å². The number of aryl methyl sites for hydroxylation is 1. The van der Waals surface area contributed by atoms with Crippen LogP contribution in [0.4, 0.5) is 0 Å². The van der Waals surface area contributed by atoms with E-state index in [0.717, 1.165) is 18.4 Å². The number of rotatable bonds is 9. The summed E-state index contributed by atoms with van der Waals surface area (Å²) < 4.78 is 32.1. The van der Waals surface area contributed by atoms with E-state index >= 15 is 0 Å². The first-order valence-electron chi connectivity index (χ1n) is 7.16. The molecule has 0 aromatic heterocycles. The van der Waals surface area contributed by atoms with Crippen LogP contribution in [0.3, 0.4) is 0 Å². The van der Waals surface area contributed by atoms with E-state index < -0.39 is 10.0 Å². The van der Waals surface area contributed by atoms with Gasteiger partial charge in [0, 0.05) is 13.2 Å². The van der Waals surface area contributed by atoms with E-state index in [-0.39, 0.29) is 6.10 Å². The summed E-state index contributed by atoms with van der Waals surface area (Å²) in [6.07, 6.45) is 2.88. The third-order valence-electron chi connectivity index (χ3n) is 2.84. The molecule has 0 spiro atoms. The van der Waals surface area contributed by atoms with E-state index in [1.165, 1.54) is 0 Å². The molecule has 0 radical (unpaired) electrons. The molecule has 1 aromatic rings. The summed E-state index contributed by atoms with van der Waals surface area (Å²) in [7, 11) is -3.40. The lowest BCUT2D eigenvalue weighted by atomic mass is 10.1. The number of ether oxygens (including phenoxy) is 1. The second-order valence-electron chi connectivity index (χ2n) is 5.06. The maximum Gasteiger partial charge on any atom is 0.240 e. The van der Waals surface area contributed by atoms with E-state index in [9.17, 15) is 8.42 Å². The Labute approximate surface area is 122 Å². The van der Waals surface area contributed by atoms with E-state index in [4.69, 9.17) is 4.74 Å². The highest BCUT2D eigenvalue weighted by Crippen LogP contribution is 2.11. The molecule has 0 heterocycles. The number of sulfonamides is 1. The molecule has 0 bridgehead atoms. The smallest absolute Gasteiger partial charge is 0.240 e. The predicted octanol–water partition coefficient (Wildman–Crippen LogP) is 2.73. The van der Waals surface area contributed by atoms with Crippen molar-refractivity contribution in [1.82, 2.24) is 4.72 Å². The maximum absolute atomic E-state index is 12.0. The van der Waals surface area contributed by atoms with Crippen LogP contribution >= 0.6 is 0 Å². The van der Waals surface area contributed by atoms with Gasteiger partial charge in [0.15, 0.2) is 0 Å². The molecular formula is C15H25NO3S. The van der Waals surface area contributed by atoms with Gasteiger partial charge in [-0.3, -0.25) is 0 Å². The van der Waals surface area contributed by atoms with Crippen molar-refractivity contribution >= 4 is 10.0 Å². The molecule has 5 heteroatoms. The number of nitrogens with one attached hydrogen (secondary N) is 1. The zero-order valence-electron chi connectivity index (χ0n) is 12.6. The largest absolute Gasteiger partial charge is 0.379 e. The third-order valence-corrected chi connectivity index (χ3v) is 4.31. The first-order valence-corrected chi connectivity index (χ1v) is 8.64. The van der Waals surface area contributed by atoms with Gasteiger partial charge in [-0.25, -0.2) is 13.1 Å². The molecule has 1 aromatic carbocycles. The highest BCUT2D eigenvalue weighted by atomic mass is 32.2. The fraction of sp³-hybridized carbons (Fsp3) is 0.600. The molecule has 0 aliphatic heterocycles. The lowest BCUT2D eigenvalue weighted by Gasteiger charge is -2.09. The molecule has 1 rings (SSSR count). The van der Waals surface area contributed by atoms with Crippen molar-refractivity contribution in [2.75, 3.05) is 13.2 Å². The molecule has 0 fully saturated rings. The first-order chi connectivity index (χ1) is 9.45. The summed E-state index contributed by atoms with van der Waals surface area (Å²) in [6.45, 7) is 6.98. The van der Waals surface area contributed by atoms with Gasteiger partial charge in [0.2, 0.25) is 10.0 Å². The monoisotopic (exact) mass is 299 g/mol. The lowest BCUT2D eigenvalue weighted by molar-refractivity contribution is 0.0778. The van der Waals surface area contributed by atoms with Crippen LogP contribution in [0.2, 0.25) is 0 Å². The zero-order chi connectivity index (χ0) is 15.0. The van der Waals surface area contributed by atoms with Crippen molar-refractivity contribution in [3.8, 4) is 0 Å². The summed E-state index contributed by atoms with van der Waals surface area (Å²) in [5.74, 6) is 0. The van der Waals surface area contributed by atoms with Crippen LogP contribution < -0.4 is 4.72 Å². The van der Waals surface area contributed by atoms with Crippen LogP contribution in [-0.2, 0) is 21.2 Å². The van der Waals surface area contributed by atoms with Crippen LogP contribution in [-0.4, -0.2) is 27.7 Å². The molecule has 20 heavy (non-hydrogen) atoms. The Kier molecular flexibility index (Phi) is 7.19. The topological polar surface area (TPSA) is 55.4 Å². The second kappa shape index (κ2) is 8.39. The lowest BCUT2D eigenvalue weighted by Crippen LogP contribution is -2.25. The van der Waals surface area contributed by atoms with Gasteiger partial charge in [0.1, 0.15) is 0 Å². The van der Waals surface area contributed by atoms with Crippen LogP contribution in [0.25, 0.3) is 0 Å². The molecule has 114 valence electrons. The van der Waals surface area contributed by atoms with Crippen LogP contribution in [0.1, 0.15) is 39.2 Å². The molecule has 0 saturated heterocycles. The molecule has 0 saturated carbocycles. The van der Waals surface area contributed by atoms with Gasteiger partial charge >= 0.3 is 0 Å². The molecule has 0 amide bonds. The fourth-order valence-electron chi connectivity index (χ4n) is 1.81. The van der Waals surface area contributed by atoms with Gasteiger partial charge in [-0.1, -0.05) is 25.5 Å². The van der Waals surface area contributed by atoms with Gasteiger partial charge in [-0.15, -0.1) is 0 Å². The summed E-state index contributed by atoms with van der Waals surface area (Å²) in [4.78, 5) is 0.321. The van der Waals surface area contributed by atoms with Crippen molar-refractivity contribution in [2.45, 2.75) is 51.0 Å². The summed E-state index contributed by atoms with van der Waals surface area (Å²) in [6, 6.07) is 7.08. The van der Waals surface area contributed by atoms with Gasteiger partial charge in [0.05, 0.1) is 11.0 Å². The molecule has 0 unspecified atom stereocenters. The van der Waals surface area contributed by atoms with Crippen LogP contribution in [0.15, 0.2) is 29.2 Å². The summed E-state index contributed by atoms with van der Waals surface area (Å²) >= 11 is 0. The number of benzene rings is 1. The summed E-state index contributed by atoms with van der Waals surface area (Å²) in [5, 5.41) is 0. The van der Waals surface area contributed by atoms with Crippen molar-refractivity contribution in [3.05, 3.63) is 29.8 Å².